The minimum atomic E-state index is 0.240. The topological polar surface area (TPSA) is 32.3 Å². The van der Waals surface area contributed by atoms with Gasteiger partial charge in [-0.05, 0) is 54.6 Å². The molecule has 1 aromatic rings. The predicted molar refractivity (Wildman–Crippen MR) is 82.7 cm³/mol. The highest BCUT2D eigenvalue weighted by Crippen LogP contribution is 2.40. The molecule has 0 radical (unpaired) electrons. The van der Waals surface area contributed by atoms with Crippen molar-refractivity contribution in [3.8, 4) is 0 Å². The fourth-order valence-electron chi connectivity index (χ4n) is 4.13. The Labute approximate surface area is 122 Å². The Morgan fingerprint density at radius 3 is 2.10 bits per heavy atom. The third kappa shape index (κ3) is 2.64. The van der Waals surface area contributed by atoms with Gasteiger partial charge in [0, 0.05) is 12.1 Å². The fraction of sp³-hybridized carbons (Fsp3) is 0.667. The van der Waals surface area contributed by atoms with Gasteiger partial charge in [-0.1, -0.05) is 38.1 Å². The van der Waals surface area contributed by atoms with Crippen LogP contribution in [-0.2, 0) is 12.8 Å². The van der Waals surface area contributed by atoms with Crippen molar-refractivity contribution < 1.29 is 5.11 Å². The van der Waals surface area contributed by atoms with E-state index in [2.05, 4.69) is 43.4 Å². The first kappa shape index (κ1) is 14.1. The Morgan fingerprint density at radius 2 is 1.65 bits per heavy atom. The molecule has 3 atom stereocenters. The largest absolute Gasteiger partial charge is 0.395 e. The molecule has 2 bridgehead atoms. The van der Waals surface area contributed by atoms with E-state index in [4.69, 9.17) is 0 Å². The number of hydrogen-bond acceptors (Lipinski definition) is 2. The maximum Gasteiger partial charge on any atom is 0.0587 e. The van der Waals surface area contributed by atoms with Gasteiger partial charge in [-0.25, -0.2) is 0 Å². The van der Waals surface area contributed by atoms with Gasteiger partial charge in [0.25, 0.3) is 0 Å². The molecule has 1 saturated carbocycles. The van der Waals surface area contributed by atoms with Gasteiger partial charge >= 0.3 is 0 Å². The van der Waals surface area contributed by atoms with Crippen LogP contribution < -0.4 is 5.32 Å². The van der Waals surface area contributed by atoms with Crippen molar-refractivity contribution >= 4 is 0 Å². The van der Waals surface area contributed by atoms with Crippen LogP contribution in [0.5, 0.6) is 0 Å². The van der Waals surface area contributed by atoms with Crippen LogP contribution in [-0.4, -0.2) is 23.8 Å². The zero-order chi connectivity index (χ0) is 14.1. The van der Waals surface area contributed by atoms with Crippen LogP contribution in [0, 0.1) is 17.8 Å². The quantitative estimate of drug-likeness (QED) is 0.884. The summed E-state index contributed by atoms with van der Waals surface area (Å²) in [6, 6.07) is 9.78. The van der Waals surface area contributed by atoms with E-state index in [0.717, 1.165) is 11.8 Å². The van der Waals surface area contributed by atoms with Crippen LogP contribution in [0.4, 0.5) is 0 Å². The van der Waals surface area contributed by atoms with E-state index in [-0.39, 0.29) is 12.6 Å². The number of fused-ring (bicyclic) bond motifs is 3. The van der Waals surface area contributed by atoms with Crippen molar-refractivity contribution in [2.45, 2.75) is 51.6 Å². The van der Waals surface area contributed by atoms with Gasteiger partial charge in [0.15, 0.2) is 0 Å². The highest BCUT2D eigenvalue weighted by molar-refractivity contribution is 5.30. The summed E-state index contributed by atoms with van der Waals surface area (Å²) in [6.07, 6.45) is 5.10. The smallest absolute Gasteiger partial charge is 0.0587 e. The van der Waals surface area contributed by atoms with Crippen molar-refractivity contribution in [2.75, 3.05) is 6.61 Å². The summed E-state index contributed by atoms with van der Waals surface area (Å²) in [4.78, 5) is 0. The molecule has 0 heterocycles. The van der Waals surface area contributed by atoms with E-state index >= 15 is 0 Å². The molecule has 1 fully saturated rings. The third-order valence-corrected chi connectivity index (χ3v) is 5.41. The minimum Gasteiger partial charge on any atom is -0.395 e. The van der Waals surface area contributed by atoms with Crippen LogP contribution in [0.3, 0.4) is 0 Å². The van der Waals surface area contributed by atoms with Crippen molar-refractivity contribution in [1.29, 1.82) is 0 Å². The highest BCUT2D eigenvalue weighted by atomic mass is 16.3. The van der Waals surface area contributed by atoms with Crippen LogP contribution in [0.15, 0.2) is 24.3 Å². The molecule has 2 heteroatoms. The van der Waals surface area contributed by atoms with Crippen molar-refractivity contribution in [2.24, 2.45) is 17.8 Å². The number of aliphatic hydroxyl groups excluding tert-OH is 1. The summed E-state index contributed by atoms with van der Waals surface area (Å²) in [6.45, 7) is 4.64. The molecule has 110 valence electrons. The lowest BCUT2D eigenvalue weighted by Crippen LogP contribution is -2.48. The second kappa shape index (κ2) is 5.87. The molecule has 0 amide bonds. The molecule has 2 N–H and O–H groups in total. The number of aliphatic hydroxyl groups is 1. The van der Waals surface area contributed by atoms with E-state index in [1.54, 1.807) is 11.1 Å². The maximum atomic E-state index is 9.60. The molecule has 2 nitrogen and oxygen atoms in total. The van der Waals surface area contributed by atoms with Crippen LogP contribution in [0.1, 0.15) is 37.8 Å². The first-order chi connectivity index (χ1) is 9.69. The van der Waals surface area contributed by atoms with Gasteiger partial charge in [0.1, 0.15) is 0 Å². The Morgan fingerprint density at radius 1 is 1.10 bits per heavy atom. The monoisotopic (exact) mass is 273 g/mol. The van der Waals surface area contributed by atoms with E-state index in [1.165, 1.54) is 25.7 Å². The number of nitrogens with one attached hydrogen (secondary N) is 1. The molecular formula is C18H27NO. The van der Waals surface area contributed by atoms with E-state index in [1.807, 2.05) is 0 Å². The van der Waals surface area contributed by atoms with Gasteiger partial charge in [-0.2, -0.15) is 0 Å². The normalized spacial score (nSPS) is 30.1. The average molecular weight is 273 g/mol. The molecule has 1 aromatic carbocycles. The molecule has 0 aromatic heterocycles. The van der Waals surface area contributed by atoms with E-state index in [0.29, 0.717) is 12.0 Å². The number of hydrogen-bond donors (Lipinski definition) is 2. The Bertz CT molecular complexity index is 423. The first-order valence-electron chi connectivity index (χ1n) is 8.12. The molecule has 20 heavy (non-hydrogen) atoms. The molecule has 0 saturated heterocycles. The van der Waals surface area contributed by atoms with Crippen LogP contribution >= 0.6 is 0 Å². The molecule has 2 aliphatic rings. The Balaban J connectivity index is 1.79. The van der Waals surface area contributed by atoms with E-state index in [9.17, 15) is 5.11 Å². The molecule has 2 aliphatic carbocycles. The lowest BCUT2D eigenvalue weighted by molar-refractivity contribution is 0.178. The molecule has 2 unspecified atom stereocenters. The van der Waals surface area contributed by atoms with Gasteiger partial charge in [0.2, 0.25) is 0 Å². The predicted octanol–water partition coefficient (Wildman–Crippen LogP) is 2.79. The highest BCUT2D eigenvalue weighted by Gasteiger charge is 2.39. The lowest BCUT2D eigenvalue weighted by atomic mass is 9.92. The number of benzene rings is 1. The van der Waals surface area contributed by atoms with Crippen LogP contribution in [0.25, 0.3) is 0 Å². The summed E-state index contributed by atoms with van der Waals surface area (Å²) < 4.78 is 0. The minimum absolute atomic E-state index is 0.240. The lowest BCUT2D eigenvalue weighted by Gasteiger charge is -2.30. The van der Waals surface area contributed by atoms with Gasteiger partial charge in [0.05, 0.1) is 6.61 Å². The van der Waals surface area contributed by atoms with Crippen molar-refractivity contribution in [3.05, 3.63) is 35.4 Å². The molecule has 0 aliphatic heterocycles. The summed E-state index contributed by atoms with van der Waals surface area (Å²) in [5.74, 6) is 1.98. The summed E-state index contributed by atoms with van der Waals surface area (Å²) >= 11 is 0. The Hall–Kier alpha value is -0.860. The molecular weight excluding hydrogens is 246 g/mol. The van der Waals surface area contributed by atoms with Crippen molar-refractivity contribution in [3.63, 3.8) is 0 Å². The zero-order valence-electron chi connectivity index (χ0n) is 12.7. The second-order valence-electron chi connectivity index (χ2n) is 7.00. The molecule has 0 spiro atoms. The Kier molecular flexibility index (Phi) is 4.13. The molecule has 3 rings (SSSR count). The van der Waals surface area contributed by atoms with Crippen molar-refractivity contribution in [1.82, 2.24) is 5.32 Å². The maximum absolute atomic E-state index is 9.60. The van der Waals surface area contributed by atoms with Gasteiger partial charge < -0.3 is 10.4 Å². The zero-order valence-corrected chi connectivity index (χ0v) is 12.7. The first-order valence-corrected chi connectivity index (χ1v) is 8.12. The summed E-state index contributed by atoms with van der Waals surface area (Å²) in [5, 5.41) is 13.4. The van der Waals surface area contributed by atoms with Gasteiger partial charge in [-0.15, -0.1) is 0 Å². The summed E-state index contributed by atoms with van der Waals surface area (Å²) in [5.41, 5.74) is 3.10. The summed E-state index contributed by atoms with van der Waals surface area (Å²) in [7, 11) is 0. The second-order valence-corrected chi connectivity index (χ2v) is 7.00. The SMILES string of the molecule is CC(C)[C@@H](CO)NC1C2CCC1Cc1ccccc1C2. The van der Waals surface area contributed by atoms with Crippen LogP contribution in [0.2, 0.25) is 0 Å². The fourth-order valence-corrected chi connectivity index (χ4v) is 4.13. The van der Waals surface area contributed by atoms with Gasteiger partial charge in [-0.3, -0.25) is 0 Å². The average Bonchev–Trinajstić information content (AvgIpc) is 2.70. The standard InChI is InChI=1S/C18H27NO/c1-12(2)17(11-20)19-18-15-7-8-16(18)10-14-6-4-3-5-13(14)9-15/h3-6,12,15-20H,7-11H2,1-2H3/t15?,16?,17-,18?/m1/s1. The third-order valence-electron chi connectivity index (χ3n) is 5.41. The van der Waals surface area contributed by atoms with E-state index < -0.39 is 0 Å². The number of rotatable bonds is 4.